The Morgan fingerprint density at radius 3 is 2.88 bits per heavy atom. The molecule has 0 saturated carbocycles. The molecule has 0 fully saturated rings. The third-order valence-electron chi connectivity index (χ3n) is 2.56. The van der Waals surface area contributed by atoms with Gasteiger partial charge in [0, 0.05) is 37.4 Å². The maximum absolute atomic E-state index is 5.29. The van der Waals surface area contributed by atoms with Crippen molar-refractivity contribution in [1.29, 1.82) is 0 Å². The highest BCUT2D eigenvalue weighted by Gasteiger charge is 2.11. The third-order valence-corrected chi connectivity index (χ3v) is 2.56. The number of methoxy groups -OCH3 is 1. The van der Waals surface area contributed by atoms with E-state index in [1.54, 1.807) is 24.2 Å². The molecule has 0 N–H and O–H groups in total. The van der Waals surface area contributed by atoms with Gasteiger partial charge in [-0.2, -0.15) is 10.1 Å². The summed E-state index contributed by atoms with van der Waals surface area (Å²) in [4.78, 5) is 8.45. The Kier molecular flexibility index (Phi) is 2.07. The normalized spacial score (nSPS) is 10.9. The van der Waals surface area contributed by atoms with Crippen molar-refractivity contribution < 1.29 is 4.74 Å². The molecular weight excluding hydrogens is 218 g/mol. The molecule has 0 unspecified atom stereocenters. The molecular formula is C11H11N5O. The molecule has 0 radical (unpaired) electrons. The van der Waals surface area contributed by atoms with Gasteiger partial charge >= 0.3 is 0 Å². The summed E-state index contributed by atoms with van der Waals surface area (Å²) in [5.74, 6) is 1.17. The number of ether oxygens (including phenoxy) is 1. The summed E-state index contributed by atoms with van der Waals surface area (Å²) in [7, 11) is 3.47. The molecule has 0 bridgehead atoms. The van der Waals surface area contributed by atoms with Crippen LogP contribution >= 0.6 is 0 Å². The van der Waals surface area contributed by atoms with Gasteiger partial charge in [-0.05, 0) is 0 Å². The lowest BCUT2D eigenvalue weighted by molar-refractivity contribution is 0.400. The SMILES string of the molecule is COc1nc2nccn2cc1-c1cnn(C)c1. The van der Waals surface area contributed by atoms with Gasteiger partial charge in [0.2, 0.25) is 11.7 Å². The van der Waals surface area contributed by atoms with Crippen LogP contribution in [-0.4, -0.2) is 31.3 Å². The highest BCUT2D eigenvalue weighted by molar-refractivity contribution is 5.67. The number of hydrogen-bond acceptors (Lipinski definition) is 4. The van der Waals surface area contributed by atoms with E-state index in [1.165, 1.54) is 0 Å². The molecule has 0 aromatic carbocycles. The van der Waals surface area contributed by atoms with E-state index >= 15 is 0 Å². The second-order valence-electron chi connectivity index (χ2n) is 3.70. The van der Waals surface area contributed by atoms with Gasteiger partial charge in [0.1, 0.15) is 0 Å². The van der Waals surface area contributed by atoms with Crippen LogP contribution in [0, 0.1) is 0 Å². The Labute approximate surface area is 97.5 Å². The van der Waals surface area contributed by atoms with Gasteiger partial charge in [-0.3, -0.25) is 9.08 Å². The molecule has 0 aliphatic carbocycles. The Hall–Kier alpha value is -2.37. The number of rotatable bonds is 2. The van der Waals surface area contributed by atoms with Gasteiger partial charge < -0.3 is 4.74 Å². The monoisotopic (exact) mass is 229 g/mol. The highest BCUT2D eigenvalue weighted by Crippen LogP contribution is 2.27. The molecule has 3 aromatic rings. The summed E-state index contributed by atoms with van der Waals surface area (Å²) in [5, 5.41) is 4.14. The average molecular weight is 229 g/mol. The van der Waals surface area contributed by atoms with E-state index < -0.39 is 0 Å². The van der Waals surface area contributed by atoms with Crippen LogP contribution in [-0.2, 0) is 7.05 Å². The number of aromatic nitrogens is 5. The van der Waals surface area contributed by atoms with Crippen LogP contribution in [0.3, 0.4) is 0 Å². The number of nitrogens with zero attached hydrogens (tertiary/aromatic N) is 5. The van der Waals surface area contributed by atoms with E-state index in [1.807, 2.05) is 30.0 Å². The molecule has 0 spiro atoms. The second-order valence-corrected chi connectivity index (χ2v) is 3.70. The van der Waals surface area contributed by atoms with E-state index in [0.717, 1.165) is 11.1 Å². The molecule has 86 valence electrons. The van der Waals surface area contributed by atoms with Gasteiger partial charge in [-0.25, -0.2) is 4.98 Å². The highest BCUT2D eigenvalue weighted by atomic mass is 16.5. The maximum Gasteiger partial charge on any atom is 0.237 e. The van der Waals surface area contributed by atoms with E-state index in [4.69, 9.17) is 4.74 Å². The lowest BCUT2D eigenvalue weighted by atomic mass is 10.2. The quantitative estimate of drug-likeness (QED) is 0.661. The summed E-state index contributed by atoms with van der Waals surface area (Å²) in [5.41, 5.74) is 1.86. The average Bonchev–Trinajstić information content (AvgIpc) is 2.94. The second kappa shape index (κ2) is 3.58. The fourth-order valence-electron chi connectivity index (χ4n) is 1.75. The molecule has 0 aliphatic heterocycles. The topological polar surface area (TPSA) is 57.2 Å². The van der Waals surface area contributed by atoms with Gasteiger partial charge in [0.05, 0.1) is 18.9 Å². The minimum absolute atomic E-state index is 0.553. The first kappa shape index (κ1) is 9.83. The largest absolute Gasteiger partial charge is 0.480 e. The zero-order chi connectivity index (χ0) is 11.8. The Morgan fingerprint density at radius 2 is 2.18 bits per heavy atom. The van der Waals surface area contributed by atoms with Crippen LogP contribution in [0.25, 0.3) is 16.9 Å². The van der Waals surface area contributed by atoms with Crippen LogP contribution in [0.4, 0.5) is 0 Å². The van der Waals surface area contributed by atoms with Crippen molar-refractivity contribution in [3.63, 3.8) is 0 Å². The van der Waals surface area contributed by atoms with Crippen molar-refractivity contribution in [2.24, 2.45) is 7.05 Å². The van der Waals surface area contributed by atoms with Crippen LogP contribution in [0.15, 0.2) is 31.0 Å². The predicted molar refractivity (Wildman–Crippen MR) is 61.7 cm³/mol. The molecule has 6 nitrogen and oxygen atoms in total. The summed E-state index contributed by atoms with van der Waals surface area (Å²) >= 11 is 0. The van der Waals surface area contributed by atoms with Gasteiger partial charge in [0.15, 0.2) is 0 Å². The van der Waals surface area contributed by atoms with Gasteiger partial charge in [-0.15, -0.1) is 0 Å². The van der Waals surface area contributed by atoms with Crippen LogP contribution in [0.2, 0.25) is 0 Å². The summed E-state index contributed by atoms with van der Waals surface area (Å²) in [6.07, 6.45) is 9.19. The zero-order valence-corrected chi connectivity index (χ0v) is 9.53. The molecule has 3 aromatic heterocycles. The molecule has 6 heteroatoms. The maximum atomic E-state index is 5.29. The van der Waals surface area contributed by atoms with E-state index in [-0.39, 0.29) is 0 Å². The first-order chi connectivity index (χ1) is 8.28. The number of hydrogen-bond donors (Lipinski definition) is 0. The summed E-state index contributed by atoms with van der Waals surface area (Å²) in [6.45, 7) is 0. The first-order valence-electron chi connectivity index (χ1n) is 5.14. The molecule has 0 atom stereocenters. The zero-order valence-electron chi connectivity index (χ0n) is 9.53. The fraction of sp³-hybridized carbons (Fsp3) is 0.182. The predicted octanol–water partition coefficient (Wildman–Crippen LogP) is 1.14. The molecule has 0 saturated heterocycles. The van der Waals surface area contributed by atoms with E-state index in [2.05, 4.69) is 15.1 Å². The van der Waals surface area contributed by atoms with Crippen molar-refractivity contribution in [1.82, 2.24) is 24.1 Å². The molecule has 0 aliphatic rings. The number of fused-ring (bicyclic) bond motifs is 1. The minimum atomic E-state index is 0.553. The third kappa shape index (κ3) is 1.54. The van der Waals surface area contributed by atoms with Crippen molar-refractivity contribution in [3.05, 3.63) is 31.0 Å². The van der Waals surface area contributed by atoms with Gasteiger partial charge in [-0.1, -0.05) is 0 Å². The lowest BCUT2D eigenvalue weighted by Gasteiger charge is -2.05. The van der Waals surface area contributed by atoms with Crippen LogP contribution in [0.1, 0.15) is 0 Å². The van der Waals surface area contributed by atoms with E-state index in [0.29, 0.717) is 11.7 Å². The number of imidazole rings is 1. The molecule has 3 rings (SSSR count). The minimum Gasteiger partial charge on any atom is -0.480 e. The smallest absolute Gasteiger partial charge is 0.237 e. The Morgan fingerprint density at radius 1 is 1.29 bits per heavy atom. The standard InChI is InChI=1S/C11H11N5O/c1-15-6-8(5-13-15)9-7-16-4-3-12-11(16)14-10(9)17-2/h3-7H,1-2H3. The van der Waals surface area contributed by atoms with Crippen molar-refractivity contribution in [2.75, 3.05) is 7.11 Å². The molecule has 17 heavy (non-hydrogen) atoms. The summed E-state index contributed by atoms with van der Waals surface area (Å²) in [6, 6.07) is 0. The molecule has 0 amide bonds. The Bertz CT molecular complexity index is 669. The molecule has 3 heterocycles. The number of aryl methyl sites for hydroxylation is 1. The van der Waals surface area contributed by atoms with Crippen molar-refractivity contribution in [2.45, 2.75) is 0 Å². The lowest BCUT2D eigenvalue weighted by Crippen LogP contribution is -1.96. The summed E-state index contributed by atoms with van der Waals surface area (Å²) < 4.78 is 8.88. The van der Waals surface area contributed by atoms with Crippen LogP contribution < -0.4 is 4.74 Å². The first-order valence-corrected chi connectivity index (χ1v) is 5.14. The fourth-order valence-corrected chi connectivity index (χ4v) is 1.75. The Balaban J connectivity index is 2.25. The van der Waals surface area contributed by atoms with Crippen molar-refractivity contribution in [3.8, 4) is 17.0 Å². The van der Waals surface area contributed by atoms with E-state index in [9.17, 15) is 0 Å². The van der Waals surface area contributed by atoms with Crippen molar-refractivity contribution >= 4 is 5.78 Å². The van der Waals surface area contributed by atoms with Gasteiger partial charge in [0.25, 0.3) is 0 Å². The van der Waals surface area contributed by atoms with Crippen LogP contribution in [0.5, 0.6) is 5.88 Å².